The number of ether oxygens (including phenoxy) is 1. The van der Waals surface area contributed by atoms with Gasteiger partial charge in [0, 0.05) is 22.1 Å². The van der Waals surface area contributed by atoms with Crippen LogP contribution in [0.5, 0.6) is 11.5 Å². The van der Waals surface area contributed by atoms with Crippen LogP contribution in [0.25, 0.3) is 33.5 Å². The minimum atomic E-state index is -5.49. The third-order valence-corrected chi connectivity index (χ3v) is 22.1. The van der Waals surface area contributed by atoms with Gasteiger partial charge in [0.2, 0.25) is 5.78 Å². The number of fused-ring (bicyclic) bond motifs is 7. The third kappa shape index (κ3) is 4.93. The quantitative estimate of drug-likeness (QED) is 0.129. The second-order valence-electron chi connectivity index (χ2n) is 15.4. The van der Waals surface area contributed by atoms with Crippen molar-refractivity contribution in [2.75, 3.05) is 0 Å². The van der Waals surface area contributed by atoms with Crippen LogP contribution in [-0.2, 0) is 0 Å². The summed E-state index contributed by atoms with van der Waals surface area (Å²) in [5, 5.41) is -2.81. The van der Waals surface area contributed by atoms with E-state index in [1.54, 1.807) is 24.3 Å². The van der Waals surface area contributed by atoms with Crippen LogP contribution in [0.3, 0.4) is 0 Å². The monoisotopic (exact) mass is 785 g/mol. The minimum Gasteiger partial charge on any atom is -0.458 e. The van der Waals surface area contributed by atoms with E-state index in [0.717, 1.165) is 57.2 Å². The zero-order chi connectivity index (χ0) is 49.2. The van der Waals surface area contributed by atoms with E-state index < -0.39 is 53.6 Å². The molecule has 0 fully saturated rings. The Labute approximate surface area is 353 Å². The van der Waals surface area contributed by atoms with Gasteiger partial charge in [0.15, 0.2) is 8.07 Å². The number of hydrogen-bond donors (Lipinski definition) is 0. The molecule has 1 aliphatic heterocycles. The van der Waals surface area contributed by atoms with E-state index in [1.807, 2.05) is 127 Å². The van der Waals surface area contributed by atoms with Gasteiger partial charge in [0.1, 0.15) is 19.6 Å². The van der Waals surface area contributed by atoms with Gasteiger partial charge in [-0.1, -0.05) is 175 Å². The Morgan fingerprint density at radius 3 is 1.82 bits per heavy atom. The number of para-hydroxylation sites is 6. The lowest BCUT2D eigenvalue weighted by Crippen LogP contribution is -2.77. The molecular weight excluding hydrogens is 727 g/mol. The maximum atomic E-state index is 9.30. The predicted molar refractivity (Wildman–Crippen MR) is 244 cm³/mol. The number of nitrogens with zero attached hydrogens (tertiary/aromatic N) is 3. The summed E-state index contributed by atoms with van der Waals surface area (Å²) in [6, 6.07) is 55.3. The Kier molecular flexibility index (Phi) is 5.52. The highest BCUT2D eigenvalue weighted by atomic mass is 28.3. The second-order valence-corrected chi connectivity index (χ2v) is 23.7. The van der Waals surface area contributed by atoms with E-state index in [1.165, 1.54) is 12.1 Å². The minimum absolute atomic E-state index is 0.00826. The fourth-order valence-electron chi connectivity index (χ4n) is 9.76. The first kappa shape index (κ1) is 24.6. The molecule has 0 spiro atoms. The maximum absolute atomic E-state index is 9.30. The first-order valence-corrected chi connectivity index (χ1v) is 23.1. The molecule has 280 valence electrons. The van der Waals surface area contributed by atoms with Crippen LogP contribution in [0.4, 0.5) is 0 Å². The van der Waals surface area contributed by atoms with Gasteiger partial charge in [-0.05, 0) is 83.7 Å². The molecule has 0 radical (unpaired) electrons. The molecule has 0 N–H and O–H groups in total. The fourth-order valence-corrected chi connectivity index (χ4v) is 20.0. The van der Waals surface area contributed by atoms with Gasteiger partial charge in [-0.3, -0.25) is 8.97 Å². The SMILES string of the molecule is [2H]C([2H])([2H])C(C)(C([2H])([2H])[2H])[Si]1(C(C)(C([2H])([2H])[2H])C([2H])([2H])[2H])c2ccccc2Oc2c([Si](c3ccccc3)(c3ccccc3)c3cccc(-n4c5ccccc5n5c6ccccc6nc45)c3)cccc21. The van der Waals surface area contributed by atoms with E-state index in [9.17, 15) is 16.4 Å². The summed E-state index contributed by atoms with van der Waals surface area (Å²) in [7, 11) is -9.37. The van der Waals surface area contributed by atoms with Gasteiger partial charge >= 0.3 is 0 Å². The van der Waals surface area contributed by atoms with Gasteiger partial charge in [0.25, 0.3) is 0 Å². The Morgan fingerprint density at radius 2 is 1.12 bits per heavy atom. The molecule has 10 rings (SSSR count). The topological polar surface area (TPSA) is 31.5 Å². The summed E-state index contributed by atoms with van der Waals surface area (Å²) < 4.78 is 123. The number of benzene rings is 7. The average molecular weight is 786 g/mol. The molecule has 0 saturated carbocycles. The van der Waals surface area contributed by atoms with Crippen molar-refractivity contribution in [1.82, 2.24) is 14.0 Å². The fraction of sp³-hybridized carbons (Fsp3) is 0.157. The van der Waals surface area contributed by atoms with Crippen LogP contribution < -0.4 is 35.9 Å². The number of aromatic nitrogens is 3. The molecule has 9 aromatic rings. The molecule has 2 aromatic heterocycles. The van der Waals surface area contributed by atoms with E-state index >= 15 is 0 Å². The van der Waals surface area contributed by atoms with Gasteiger partial charge in [-0.15, -0.1) is 0 Å². The smallest absolute Gasteiger partial charge is 0.220 e. The number of hydrogen-bond acceptors (Lipinski definition) is 2. The summed E-state index contributed by atoms with van der Waals surface area (Å²) in [5.74, 6) is 0.755. The molecular formula is C51H47N3OSi2. The van der Waals surface area contributed by atoms with E-state index in [4.69, 9.17) is 9.72 Å². The molecule has 3 heterocycles. The zero-order valence-corrected chi connectivity index (χ0v) is 33.5. The molecule has 0 atom stereocenters. The molecule has 4 nitrogen and oxygen atoms in total. The van der Waals surface area contributed by atoms with Gasteiger partial charge < -0.3 is 4.74 Å². The van der Waals surface area contributed by atoms with Crippen LogP contribution in [-0.4, -0.2) is 30.1 Å². The number of rotatable bonds is 5. The molecule has 0 amide bonds. The predicted octanol–water partition coefficient (Wildman–Crippen LogP) is 9.08. The molecule has 57 heavy (non-hydrogen) atoms. The van der Waals surface area contributed by atoms with Gasteiger partial charge in [0.05, 0.1) is 22.1 Å². The highest BCUT2D eigenvalue weighted by Crippen LogP contribution is 2.54. The lowest BCUT2D eigenvalue weighted by Gasteiger charge is -2.55. The molecule has 7 aromatic carbocycles. The van der Waals surface area contributed by atoms with Gasteiger partial charge in [-0.25, -0.2) is 4.98 Å². The highest BCUT2D eigenvalue weighted by Gasteiger charge is 2.60. The van der Waals surface area contributed by atoms with Crippen molar-refractivity contribution < 1.29 is 21.2 Å². The molecule has 0 aliphatic carbocycles. The summed E-state index contributed by atoms with van der Waals surface area (Å²) in [4.78, 5) is 5.15. The Morgan fingerprint density at radius 1 is 0.561 bits per heavy atom. The Balaban J connectivity index is 1.40. The second kappa shape index (κ2) is 12.8. The van der Waals surface area contributed by atoms with Crippen molar-refractivity contribution in [2.45, 2.75) is 51.3 Å². The summed E-state index contributed by atoms with van der Waals surface area (Å²) in [5.41, 5.74) is 4.41. The lowest BCUT2D eigenvalue weighted by atomic mass is 10.2. The largest absolute Gasteiger partial charge is 0.458 e. The van der Waals surface area contributed by atoms with Crippen LogP contribution in [0, 0.1) is 0 Å². The molecule has 0 saturated heterocycles. The van der Waals surface area contributed by atoms with Crippen molar-refractivity contribution in [3.8, 4) is 17.2 Å². The zero-order valence-electron chi connectivity index (χ0n) is 43.5. The third-order valence-electron chi connectivity index (χ3n) is 11.9. The van der Waals surface area contributed by atoms with E-state index in [-0.39, 0.29) is 21.9 Å². The van der Waals surface area contributed by atoms with Gasteiger partial charge in [-0.2, -0.15) is 0 Å². The summed E-state index contributed by atoms with van der Waals surface area (Å²) in [6.45, 7) is -11.6. The lowest BCUT2D eigenvalue weighted by molar-refractivity contribution is 0.484. The number of imidazole rings is 2. The standard InChI is InChI=1S/C51H47N3OSi2/c1-50(2,3)57(51(4,5)6)45-32-18-17-31-44(45)55-48-46(33-20-34-47(48)57)56(37-22-9-7-10-23-37,38-24-11-8-12-25-38)39-26-19-21-36(35-39)53-42-29-15-16-30-43(42)54-41-28-14-13-27-40(41)52-49(53)54/h7-35H,1-6H3/i1D3,2D3,4D3,5D3. The van der Waals surface area contributed by atoms with E-state index in [0.29, 0.717) is 11.0 Å². The highest BCUT2D eigenvalue weighted by molar-refractivity contribution is 7.20. The molecule has 0 bridgehead atoms. The molecule has 6 heteroatoms. The summed E-state index contributed by atoms with van der Waals surface area (Å²) in [6.07, 6.45) is 0. The van der Waals surface area contributed by atoms with Crippen LogP contribution in [0.15, 0.2) is 176 Å². The molecule has 0 unspecified atom stereocenters. The Bertz CT molecular complexity index is 3330. The van der Waals surface area contributed by atoms with Crippen LogP contribution in [0.2, 0.25) is 10.1 Å². The van der Waals surface area contributed by atoms with Crippen molar-refractivity contribution in [3.63, 3.8) is 0 Å². The van der Waals surface area contributed by atoms with Crippen LogP contribution in [0.1, 0.15) is 57.7 Å². The molecule has 1 aliphatic rings. The van der Waals surface area contributed by atoms with Crippen molar-refractivity contribution in [2.24, 2.45) is 0 Å². The Hall–Kier alpha value is -5.96. The van der Waals surface area contributed by atoms with Crippen LogP contribution >= 0.6 is 0 Å². The maximum Gasteiger partial charge on any atom is 0.220 e. The first-order chi connectivity index (χ1) is 32.6. The van der Waals surface area contributed by atoms with Crippen molar-refractivity contribution in [3.05, 3.63) is 176 Å². The summed E-state index contributed by atoms with van der Waals surface area (Å²) >= 11 is 0. The average Bonchev–Trinajstić information content (AvgIpc) is 3.85. The van der Waals surface area contributed by atoms with Crippen molar-refractivity contribution >= 4 is 75.1 Å². The van der Waals surface area contributed by atoms with Crippen molar-refractivity contribution in [1.29, 1.82) is 0 Å². The first-order valence-electron chi connectivity index (χ1n) is 25.1. The van der Waals surface area contributed by atoms with E-state index in [2.05, 4.69) is 21.1 Å². The normalized spacial score (nSPS) is 18.1.